The van der Waals surface area contributed by atoms with Crippen LogP contribution in [0.5, 0.6) is 0 Å². The quantitative estimate of drug-likeness (QED) is 0.120. The number of fused-ring (bicyclic) bond motifs is 4. The van der Waals surface area contributed by atoms with Gasteiger partial charge in [0, 0.05) is 29.5 Å². The number of hydrogen-bond donors (Lipinski definition) is 1. The molecule has 2 aliphatic rings. The standard InChI is InChI=1S/C41H42N2O3S3.H2O/c1-28-15-18-36-39(29(28)2)43(21-19-30-11-6-5-7-12-30)38(47-36)25-32-23-31(26-41(3,4)27-32)24-37-42(20-10-22-49(44,45)46)35-17-16-33-13-8-9-14-34(33)40(35)48-37;/h5-9,11-18,23-25H,10,19-22,26-27H2,1-4H3;1H2. The third-order valence-electron chi connectivity index (χ3n) is 9.64. The fourth-order valence-corrected chi connectivity index (χ4v) is 10.3. The van der Waals surface area contributed by atoms with Gasteiger partial charge in [-0.3, -0.25) is 4.55 Å². The largest absolute Gasteiger partial charge is 0.870 e. The van der Waals surface area contributed by atoms with Crippen molar-refractivity contribution in [1.82, 2.24) is 0 Å². The highest BCUT2D eigenvalue weighted by atomic mass is 32.2. The summed E-state index contributed by atoms with van der Waals surface area (Å²) in [5.74, 6) is -0.259. The highest BCUT2D eigenvalue weighted by molar-refractivity contribution is 8.04. The van der Waals surface area contributed by atoms with E-state index in [1.165, 1.54) is 58.7 Å². The molecule has 4 aromatic carbocycles. The third-order valence-corrected chi connectivity index (χ3v) is 12.7. The number of allylic oxidation sites excluding steroid dienone is 4. The van der Waals surface area contributed by atoms with Crippen LogP contribution < -0.4 is 9.47 Å². The normalized spacial score (nSPS) is 17.4. The minimum atomic E-state index is -4.04. The van der Waals surface area contributed by atoms with Crippen molar-refractivity contribution in [2.45, 2.75) is 64.8 Å². The van der Waals surface area contributed by atoms with E-state index in [9.17, 15) is 13.0 Å². The Morgan fingerprint density at radius 2 is 1.70 bits per heavy atom. The van der Waals surface area contributed by atoms with E-state index in [0.717, 1.165) is 36.5 Å². The average Bonchev–Trinajstić information content (AvgIpc) is 3.58. The Labute approximate surface area is 303 Å². The first-order valence-electron chi connectivity index (χ1n) is 17.0. The topological polar surface area (TPSA) is 91.5 Å². The summed E-state index contributed by atoms with van der Waals surface area (Å²) in [4.78, 5) is 3.43. The highest BCUT2D eigenvalue weighted by Crippen LogP contribution is 2.51. The number of hydrogen-bond acceptors (Lipinski definition) is 6. The molecule has 0 unspecified atom stereocenters. The minimum Gasteiger partial charge on any atom is -0.870 e. The van der Waals surface area contributed by atoms with Gasteiger partial charge in [0.1, 0.15) is 4.70 Å². The van der Waals surface area contributed by atoms with E-state index < -0.39 is 10.1 Å². The molecule has 1 aliphatic heterocycles. The maximum Gasteiger partial charge on any atom is 0.264 e. The lowest BCUT2D eigenvalue weighted by atomic mass is 9.75. The van der Waals surface area contributed by atoms with Crippen LogP contribution in [0.1, 0.15) is 54.8 Å². The van der Waals surface area contributed by atoms with E-state index >= 15 is 0 Å². The fraction of sp³-hybridized carbons (Fsp3) is 0.293. The summed E-state index contributed by atoms with van der Waals surface area (Å²) in [6.45, 7) is 10.6. The first kappa shape index (κ1) is 36.1. The van der Waals surface area contributed by atoms with Gasteiger partial charge in [0.2, 0.25) is 5.52 Å². The van der Waals surface area contributed by atoms with Gasteiger partial charge in [-0.25, -0.2) is 0 Å². The van der Waals surface area contributed by atoms with Crippen molar-refractivity contribution in [2.24, 2.45) is 5.41 Å². The van der Waals surface area contributed by atoms with E-state index in [-0.39, 0.29) is 16.6 Å². The second-order valence-electron chi connectivity index (χ2n) is 14.1. The fourth-order valence-electron chi connectivity index (χ4n) is 7.27. The summed E-state index contributed by atoms with van der Waals surface area (Å²) in [5, 5.41) is 4.75. The van der Waals surface area contributed by atoms with E-state index in [1.54, 1.807) is 11.8 Å². The minimum absolute atomic E-state index is 0. The molecule has 1 aromatic heterocycles. The summed E-state index contributed by atoms with van der Waals surface area (Å²) >= 11 is 3.63. The molecule has 0 saturated heterocycles. The lowest BCUT2D eigenvalue weighted by Crippen LogP contribution is -2.37. The Morgan fingerprint density at radius 3 is 2.48 bits per heavy atom. The zero-order valence-electron chi connectivity index (χ0n) is 29.0. The first-order valence-corrected chi connectivity index (χ1v) is 20.2. The van der Waals surface area contributed by atoms with Crippen LogP contribution in [0, 0.1) is 19.3 Å². The predicted octanol–water partition coefficient (Wildman–Crippen LogP) is 9.89. The summed E-state index contributed by atoms with van der Waals surface area (Å²) in [7, 11) is -4.04. The highest BCUT2D eigenvalue weighted by Gasteiger charge is 2.31. The summed E-state index contributed by atoms with van der Waals surface area (Å²) in [5.41, 5.74) is 9.09. The van der Waals surface area contributed by atoms with Gasteiger partial charge in [-0.05, 0) is 89.8 Å². The maximum atomic E-state index is 11.6. The summed E-state index contributed by atoms with van der Waals surface area (Å²) in [6, 6.07) is 28.0. The van der Waals surface area contributed by atoms with Crippen LogP contribution in [0.2, 0.25) is 0 Å². The van der Waals surface area contributed by atoms with Crippen LogP contribution in [-0.4, -0.2) is 30.7 Å². The van der Waals surface area contributed by atoms with E-state index in [4.69, 9.17) is 0 Å². The van der Waals surface area contributed by atoms with Crippen LogP contribution >= 0.6 is 23.1 Å². The first-order chi connectivity index (χ1) is 23.4. The number of thiazole rings is 1. The number of nitrogens with zero attached hydrogens (tertiary/aromatic N) is 2. The van der Waals surface area contributed by atoms with Gasteiger partial charge < -0.3 is 10.4 Å². The monoisotopic (exact) mass is 724 g/mol. The van der Waals surface area contributed by atoms with Crippen molar-refractivity contribution in [3.8, 4) is 0 Å². The lowest BCUT2D eigenvalue weighted by Gasteiger charge is -2.31. The Balaban J connectivity index is 0.00000432. The Hall–Kier alpha value is -3.73. The molecule has 0 amide bonds. The molecular formula is C41H44N2O4S3. The Kier molecular flexibility index (Phi) is 10.4. The number of aromatic nitrogens is 1. The van der Waals surface area contributed by atoms with E-state index in [0.29, 0.717) is 13.0 Å². The van der Waals surface area contributed by atoms with Crippen LogP contribution in [-0.2, 0) is 23.1 Å². The van der Waals surface area contributed by atoms with Crippen molar-refractivity contribution in [3.63, 3.8) is 0 Å². The third kappa shape index (κ3) is 7.77. The van der Waals surface area contributed by atoms with Gasteiger partial charge in [-0.15, -0.1) is 0 Å². The van der Waals surface area contributed by atoms with Gasteiger partial charge in [0.05, 0.1) is 16.5 Å². The summed E-state index contributed by atoms with van der Waals surface area (Å²) < 4.78 is 36.5. The smallest absolute Gasteiger partial charge is 0.264 e. The van der Waals surface area contributed by atoms with Crippen LogP contribution in [0.3, 0.4) is 0 Å². The molecule has 1 aliphatic carbocycles. The predicted molar refractivity (Wildman–Crippen MR) is 209 cm³/mol. The van der Waals surface area contributed by atoms with Crippen LogP contribution in [0.25, 0.3) is 27.1 Å². The Bertz CT molecular complexity index is 2270. The maximum absolute atomic E-state index is 11.6. The van der Waals surface area contributed by atoms with Crippen LogP contribution in [0.15, 0.2) is 112 Å². The molecule has 50 heavy (non-hydrogen) atoms. The molecule has 0 saturated carbocycles. The molecule has 0 bridgehead atoms. The van der Waals surface area contributed by atoms with Gasteiger partial charge in [0.25, 0.3) is 15.1 Å². The van der Waals surface area contributed by atoms with Crippen LogP contribution in [0.4, 0.5) is 5.69 Å². The molecule has 2 N–H and O–H groups in total. The SMILES string of the molecule is Cc1ccc2sc(/C=C3C=C(/C=C4\Sc5c(ccc6ccccc56)N4CCCS(=O)(=O)O)CC(C)(C)C/3)[n+](CCc3ccccc3)c2c1C.[OH-]. The van der Waals surface area contributed by atoms with Gasteiger partial charge >= 0.3 is 0 Å². The Morgan fingerprint density at radius 1 is 0.940 bits per heavy atom. The molecule has 7 rings (SSSR count). The molecule has 2 heterocycles. The van der Waals surface area contributed by atoms with Crippen molar-refractivity contribution < 1.29 is 23.0 Å². The molecule has 5 aromatic rings. The molecule has 0 radical (unpaired) electrons. The number of thioether (sulfide) groups is 1. The molecule has 0 fully saturated rings. The lowest BCUT2D eigenvalue weighted by molar-refractivity contribution is -0.668. The molecular weight excluding hydrogens is 681 g/mol. The number of anilines is 1. The zero-order chi connectivity index (χ0) is 34.3. The van der Waals surface area contributed by atoms with E-state index in [1.807, 2.05) is 11.3 Å². The van der Waals surface area contributed by atoms with Crippen molar-refractivity contribution in [1.29, 1.82) is 0 Å². The molecule has 6 nitrogen and oxygen atoms in total. The van der Waals surface area contributed by atoms with E-state index in [2.05, 4.69) is 134 Å². The zero-order valence-corrected chi connectivity index (χ0v) is 31.5. The molecule has 0 atom stereocenters. The number of aryl methyl sites for hydroxylation is 4. The van der Waals surface area contributed by atoms with Gasteiger partial charge in [-0.2, -0.15) is 13.0 Å². The molecule has 9 heteroatoms. The summed E-state index contributed by atoms with van der Waals surface area (Å²) in [6.07, 6.45) is 10.3. The second-order valence-corrected chi connectivity index (χ2v) is 17.8. The molecule has 260 valence electrons. The molecule has 0 spiro atoms. The second kappa shape index (κ2) is 14.5. The number of rotatable bonds is 9. The number of benzene rings is 4. The van der Waals surface area contributed by atoms with Crippen molar-refractivity contribution in [2.75, 3.05) is 17.2 Å². The van der Waals surface area contributed by atoms with Crippen molar-refractivity contribution >= 4 is 66.0 Å². The van der Waals surface area contributed by atoms with Gasteiger partial charge in [0.15, 0.2) is 6.54 Å². The van der Waals surface area contributed by atoms with Gasteiger partial charge in [-0.1, -0.05) is 110 Å². The van der Waals surface area contributed by atoms with Crippen molar-refractivity contribution in [3.05, 3.63) is 129 Å². The average molecular weight is 725 g/mol.